The molecule has 0 saturated heterocycles. The van der Waals surface area contributed by atoms with Crippen molar-refractivity contribution in [3.63, 3.8) is 0 Å². The van der Waals surface area contributed by atoms with E-state index in [1.807, 2.05) is 19.0 Å². The topological polar surface area (TPSA) is 73.8 Å². The number of halogens is 1. The highest BCUT2D eigenvalue weighted by Gasteiger charge is 2.23. The molecule has 1 aromatic rings. The fraction of sp³-hybridized carbons (Fsp3) is 0.538. The predicted molar refractivity (Wildman–Crippen MR) is 90.7 cm³/mol. The van der Waals surface area contributed by atoms with Gasteiger partial charge < -0.3 is 9.80 Å². The number of anilines is 1. The van der Waals surface area contributed by atoms with Crippen LogP contribution in [0.3, 0.4) is 0 Å². The van der Waals surface area contributed by atoms with E-state index in [2.05, 4.69) is 20.9 Å². The van der Waals surface area contributed by atoms with Crippen LogP contribution in [-0.4, -0.2) is 76.6 Å². The molecule has 1 rings (SSSR count). The largest absolute Gasteiger partial charge is 0.340 e. The Hall–Kier alpha value is -1.19. The van der Waals surface area contributed by atoms with Crippen molar-refractivity contribution in [2.45, 2.75) is 0 Å². The summed E-state index contributed by atoms with van der Waals surface area (Å²) >= 11 is 3.27. The monoisotopic (exact) mass is 392 g/mol. The molecule has 22 heavy (non-hydrogen) atoms. The van der Waals surface area contributed by atoms with Gasteiger partial charge >= 0.3 is 0 Å². The fourth-order valence-corrected chi connectivity index (χ4v) is 2.45. The lowest BCUT2D eigenvalue weighted by atomic mass is 10.2. The smallest absolute Gasteiger partial charge is 0.257 e. The molecule has 0 aromatic carbocycles. The normalized spacial score (nSPS) is 11.6. The van der Waals surface area contributed by atoms with E-state index in [9.17, 15) is 13.2 Å². The first-order chi connectivity index (χ1) is 10.0. The number of likely N-dealkylation sites (N-methyl/N-ethyl adjacent to an activating group) is 2. The summed E-state index contributed by atoms with van der Waals surface area (Å²) < 4.78 is 25.1. The molecular formula is C13H21BrN4O3S. The number of hydrogen-bond donors (Lipinski definition) is 0. The summed E-state index contributed by atoms with van der Waals surface area (Å²) in [7, 11) is 3.39. The van der Waals surface area contributed by atoms with Crippen molar-refractivity contribution in [2.75, 3.05) is 51.8 Å². The molecule has 7 nitrogen and oxygen atoms in total. The van der Waals surface area contributed by atoms with Gasteiger partial charge in [0, 0.05) is 37.9 Å². The molecule has 124 valence electrons. The number of amides is 1. The average Bonchev–Trinajstić information content (AvgIpc) is 2.42. The standard InChI is InChI=1S/C13H21BrN4O3S/c1-16(2)6-7-17(3)13(19)11-8-10(14)9-15-12(11)18(4)22(5,20)21/h8-9H,6-7H2,1-5H3. The van der Waals surface area contributed by atoms with Gasteiger partial charge in [-0.15, -0.1) is 0 Å². The fourth-order valence-electron chi connectivity index (χ4n) is 1.65. The molecule has 0 unspecified atom stereocenters. The number of nitrogens with zero attached hydrogens (tertiary/aromatic N) is 4. The van der Waals surface area contributed by atoms with E-state index in [0.29, 0.717) is 17.6 Å². The first-order valence-corrected chi connectivity index (χ1v) is 9.17. The molecule has 0 aliphatic carbocycles. The Bertz CT molecular complexity index is 649. The maximum absolute atomic E-state index is 12.6. The zero-order valence-electron chi connectivity index (χ0n) is 13.4. The van der Waals surface area contributed by atoms with E-state index in [-0.39, 0.29) is 17.3 Å². The number of carbonyl (C=O) groups excluding carboxylic acids is 1. The van der Waals surface area contributed by atoms with Crippen molar-refractivity contribution in [2.24, 2.45) is 0 Å². The van der Waals surface area contributed by atoms with E-state index >= 15 is 0 Å². The molecule has 0 atom stereocenters. The Morgan fingerprint density at radius 3 is 2.32 bits per heavy atom. The molecule has 0 aliphatic rings. The van der Waals surface area contributed by atoms with Gasteiger partial charge in [-0.1, -0.05) is 0 Å². The molecule has 0 fully saturated rings. The van der Waals surface area contributed by atoms with Crippen LogP contribution in [0.2, 0.25) is 0 Å². The summed E-state index contributed by atoms with van der Waals surface area (Å²) in [5, 5.41) is 0. The van der Waals surface area contributed by atoms with Gasteiger partial charge in [0.15, 0.2) is 5.82 Å². The predicted octanol–water partition coefficient (Wildman–Crippen LogP) is 0.874. The number of aromatic nitrogens is 1. The maximum atomic E-state index is 12.6. The Morgan fingerprint density at radius 1 is 1.23 bits per heavy atom. The molecule has 0 saturated carbocycles. The molecule has 0 aliphatic heterocycles. The summed E-state index contributed by atoms with van der Waals surface area (Å²) in [5.74, 6) is -0.159. The van der Waals surface area contributed by atoms with Gasteiger partial charge in [0.05, 0.1) is 11.8 Å². The van der Waals surface area contributed by atoms with Gasteiger partial charge in [-0.25, -0.2) is 13.4 Å². The van der Waals surface area contributed by atoms with Gasteiger partial charge in [-0.05, 0) is 36.1 Å². The van der Waals surface area contributed by atoms with Crippen molar-refractivity contribution in [3.8, 4) is 0 Å². The number of carbonyl (C=O) groups is 1. The van der Waals surface area contributed by atoms with Crippen LogP contribution < -0.4 is 4.31 Å². The van der Waals surface area contributed by atoms with Crippen LogP contribution in [0.1, 0.15) is 10.4 Å². The maximum Gasteiger partial charge on any atom is 0.257 e. The third kappa shape index (κ3) is 4.92. The summed E-state index contributed by atoms with van der Waals surface area (Å²) in [5.41, 5.74) is 0.239. The second-order valence-electron chi connectivity index (χ2n) is 5.29. The number of hydrogen-bond acceptors (Lipinski definition) is 5. The van der Waals surface area contributed by atoms with E-state index in [0.717, 1.165) is 10.6 Å². The highest BCUT2D eigenvalue weighted by Crippen LogP contribution is 2.23. The Kier molecular flexibility index (Phi) is 6.33. The molecule has 0 radical (unpaired) electrons. The number of sulfonamides is 1. The van der Waals surface area contributed by atoms with Gasteiger partial charge in [0.1, 0.15) is 0 Å². The lowest BCUT2D eigenvalue weighted by molar-refractivity contribution is 0.0786. The summed E-state index contributed by atoms with van der Waals surface area (Å²) in [6.07, 6.45) is 2.54. The minimum atomic E-state index is -3.50. The van der Waals surface area contributed by atoms with Gasteiger partial charge in [0.2, 0.25) is 10.0 Å². The van der Waals surface area contributed by atoms with Crippen LogP contribution in [0.4, 0.5) is 5.82 Å². The van der Waals surface area contributed by atoms with Crippen molar-refractivity contribution in [1.29, 1.82) is 0 Å². The molecule has 9 heteroatoms. The third-order valence-corrected chi connectivity index (χ3v) is 4.69. The molecule has 1 aromatic heterocycles. The van der Waals surface area contributed by atoms with Crippen LogP contribution in [0.15, 0.2) is 16.7 Å². The lowest BCUT2D eigenvalue weighted by Gasteiger charge is -2.23. The molecule has 0 N–H and O–H groups in total. The number of rotatable bonds is 6. The highest BCUT2D eigenvalue weighted by molar-refractivity contribution is 9.10. The minimum absolute atomic E-state index is 0.118. The van der Waals surface area contributed by atoms with E-state index in [4.69, 9.17) is 0 Å². The van der Waals surface area contributed by atoms with Gasteiger partial charge in [-0.2, -0.15) is 0 Å². The Labute approximate surface area is 140 Å². The quantitative estimate of drug-likeness (QED) is 0.717. The lowest BCUT2D eigenvalue weighted by Crippen LogP contribution is -2.35. The highest BCUT2D eigenvalue weighted by atomic mass is 79.9. The van der Waals surface area contributed by atoms with E-state index < -0.39 is 10.0 Å². The Balaban J connectivity index is 3.17. The SMILES string of the molecule is CN(C)CCN(C)C(=O)c1cc(Br)cnc1N(C)S(C)(=O)=O. The van der Waals surface area contributed by atoms with Gasteiger partial charge in [0.25, 0.3) is 5.91 Å². The van der Waals surface area contributed by atoms with Crippen molar-refractivity contribution in [3.05, 3.63) is 22.3 Å². The molecule has 0 bridgehead atoms. The van der Waals surface area contributed by atoms with Crippen LogP contribution >= 0.6 is 15.9 Å². The zero-order valence-corrected chi connectivity index (χ0v) is 15.8. The number of pyridine rings is 1. The second kappa shape index (κ2) is 7.38. The van der Waals surface area contributed by atoms with Crippen LogP contribution in [0.25, 0.3) is 0 Å². The third-order valence-electron chi connectivity index (χ3n) is 3.09. The molecule has 0 spiro atoms. The first kappa shape index (κ1) is 18.9. The van der Waals surface area contributed by atoms with Crippen molar-refractivity contribution in [1.82, 2.24) is 14.8 Å². The minimum Gasteiger partial charge on any atom is -0.340 e. The zero-order chi connectivity index (χ0) is 17.1. The van der Waals surface area contributed by atoms with Crippen LogP contribution in [0.5, 0.6) is 0 Å². The average molecular weight is 393 g/mol. The molecule has 1 heterocycles. The second-order valence-corrected chi connectivity index (χ2v) is 8.21. The summed E-state index contributed by atoms with van der Waals surface area (Å²) in [6.45, 7) is 1.24. The van der Waals surface area contributed by atoms with Crippen LogP contribution in [0, 0.1) is 0 Å². The van der Waals surface area contributed by atoms with Crippen molar-refractivity contribution >= 4 is 37.7 Å². The van der Waals surface area contributed by atoms with E-state index in [1.165, 1.54) is 13.2 Å². The van der Waals surface area contributed by atoms with Gasteiger partial charge in [-0.3, -0.25) is 9.10 Å². The van der Waals surface area contributed by atoms with Crippen molar-refractivity contribution < 1.29 is 13.2 Å². The molecule has 1 amide bonds. The Morgan fingerprint density at radius 2 is 1.82 bits per heavy atom. The summed E-state index contributed by atoms with van der Waals surface area (Å²) in [4.78, 5) is 20.2. The first-order valence-electron chi connectivity index (χ1n) is 6.53. The summed E-state index contributed by atoms with van der Waals surface area (Å²) in [6, 6.07) is 1.58. The van der Waals surface area contributed by atoms with Crippen LogP contribution in [-0.2, 0) is 10.0 Å². The molecular weight excluding hydrogens is 372 g/mol. The van der Waals surface area contributed by atoms with E-state index in [1.54, 1.807) is 18.0 Å².